The Labute approximate surface area is 490 Å². The average molecular weight is 1230 g/mol. The van der Waals surface area contributed by atoms with Crippen LogP contribution >= 0.6 is 23.5 Å². The molecule has 1 saturated heterocycles. The number of carboxylic acid groups (broad SMARTS) is 2. The summed E-state index contributed by atoms with van der Waals surface area (Å²) in [5, 5.41) is 42.7. The molecule has 31 heteroatoms. The molecule has 1 aromatic heterocycles. The van der Waals surface area contributed by atoms with Crippen LogP contribution in [0.3, 0.4) is 0 Å². The Balaban J connectivity index is 1.52. The van der Waals surface area contributed by atoms with Gasteiger partial charge in [-0.3, -0.25) is 57.3 Å². The SMILES string of the molecule is CSCC[C@H](NC(=O)[C@H](Cc1ccc(OS(=O)(=O)O)cc1)NC(=O)[C@@H](N)CC(=O)O)C(=O)NC1CNC(=O)CCNC(=O)[C@H](Cc2ccccc2)NC(=O)[C@H](CC(=O)O)NC(=O)[C@H](CCSC)NC(=O)[C@H](Cc2c[nH]c3ccccc23)NC1=O. The van der Waals surface area contributed by atoms with Crippen molar-refractivity contribution in [1.29, 1.82) is 0 Å². The number of rotatable bonds is 24. The summed E-state index contributed by atoms with van der Waals surface area (Å²) in [4.78, 5) is 154. The first kappa shape index (κ1) is 66.5. The number of carbonyl (C=O) groups excluding carboxylic acids is 9. The van der Waals surface area contributed by atoms with E-state index < -0.39 is 150 Å². The first-order valence-electron chi connectivity index (χ1n) is 26.1. The number of para-hydroxylation sites is 1. The molecule has 28 nitrogen and oxygen atoms in total. The van der Waals surface area contributed by atoms with Crippen molar-refractivity contribution in [3.05, 3.63) is 102 Å². The lowest BCUT2D eigenvalue weighted by Gasteiger charge is -2.28. The van der Waals surface area contributed by atoms with E-state index in [2.05, 4.69) is 57.0 Å². The van der Waals surface area contributed by atoms with Gasteiger partial charge in [0.25, 0.3) is 0 Å². The molecule has 8 atom stereocenters. The van der Waals surface area contributed by atoms with Gasteiger partial charge in [0.15, 0.2) is 0 Å². The third-order valence-corrected chi connectivity index (χ3v) is 14.6. The van der Waals surface area contributed by atoms with Gasteiger partial charge < -0.3 is 73.0 Å². The number of nitrogens with two attached hydrogens (primary N) is 1. The van der Waals surface area contributed by atoms with Crippen LogP contribution in [0.25, 0.3) is 10.9 Å². The maximum atomic E-state index is 14.8. The maximum absolute atomic E-state index is 14.8. The zero-order chi connectivity index (χ0) is 61.5. The van der Waals surface area contributed by atoms with Crippen molar-refractivity contribution in [2.75, 3.05) is 37.1 Å². The van der Waals surface area contributed by atoms with Crippen molar-refractivity contribution in [3.63, 3.8) is 0 Å². The molecule has 5 rings (SSSR count). The molecular formula is C53H67N11O17S3. The van der Waals surface area contributed by atoms with Crippen LogP contribution in [0.15, 0.2) is 85.1 Å². The van der Waals surface area contributed by atoms with E-state index in [0.29, 0.717) is 22.0 Å². The van der Waals surface area contributed by atoms with Gasteiger partial charge in [0.1, 0.15) is 48.0 Å². The summed E-state index contributed by atoms with van der Waals surface area (Å²) in [5.74, 6) is -11.5. The number of aliphatic carboxylic acids is 2. The minimum absolute atomic E-state index is 0.0707. The Kier molecular flexibility index (Phi) is 25.8. The van der Waals surface area contributed by atoms with Gasteiger partial charge >= 0.3 is 22.3 Å². The van der Waals surface area contributed by atoms with Crippen molar-refractivity contribution in [3.8, 4) is 5.75 Å². The van der Waals surface area contributed by atoms with E-state index in [1.165, 1.54) is 35.7 Å². The van der Waals surface area contributed by atoms with Crippen LogP contribution < -0.4 is 57.8 Å². The van der Waals surface area contributed by atoms with Crippen LogP contribution in [0.5, 0.6) is 5.75 Å². The van der Waals surface area contributed by atoms with E-state index in [1.807, 2.05) is 0 Å². The number of H-pyrrole nitrogens is 1. The van der Waals surface area contributed by atoms with E-state index in [4.69, 9.17) is 10.3 Å². The van der Waals surface area contributed by atoms with Crippen molar-refractivity contribution in [2.24, 2.45) is 5.73 Å². The Bertz CT molecular complexity index is 3120. The smallest absolute Gasteiger partial charge is 0.446 e. The fraction of sp³-hybridized carbons (Fsp3) is 0.415. The van der Waals surface area contributed by atoms with Crippen LogP contribution in [0.2, 0.25) is 0 Å². The fourth-order valence-electron chi connectivity index (χ4n) is 8.56. The third kappa shape index (κ3) is 21.8. The molecule has 15 N–H and O–H groups in total. The molecule has 2 heterocycles. The Morgan fingerprint density at radius 1 is 0.679 bits per heavy atom. The molecule has 1 aliphatic rings. The van der Waals surface area contributed by atoms with Gasteiger partial charge in [-0.25, -0.2) is 0 Å². The lowest BCUT2D eigenvalue weighted by Crippen LogP contribution is -2.62. The van der Waals surface area contributed by atoms with Crippen LogP contribution in [0.4, 0.5) is 0 Å². The maximum Gasteiger partial charge on any atom is 0.446 e. The van der Waals surface area contributed by atoms with Gasteiger partial charge in [0.05, 0.1) is 18.9 Å². The summed E-state index contributed by atoms with van der Waals surface area (Å²) < 4.78 is 36.1. The number of carbonyl (C=O) groups is 11. The van der Waals surface area contributed by atoms with Crippen molar-refractivity contribution < 1.29 is 80.1 Å². The van der Waals surface area contributed by atoms with Gasteiger partial charge in [0, 0.05) is 55.9 Å². The predicted molar refractivity (Wildman–Crippen MR) is 307 cm³/mol. The number of amides is 9. The summed E-state index contributed by atoms with van der Waals surface area (Å²) in [5.41, 5.74) is 7.83. The number of nitrogens with one attached hydrogen (secondary N) is 10. The molecule has 0 spiro atoms. The minimum Gasteiger partial charge on any atom is -0.481 e. The van der Waals surface area contributed by atoms with E-state index in [9.17, 15) is 71.4 Å². The normalized spacial score (nSPS) is 19.7. The van der Waals surface area contributed by atoms with Gasteiger partial charge in [-0.1, -0.05) is 60.7 Å². The lowest BCUT2D eigenvalue weighted by atomic mass is 10.0. The Hall–Kier alpha value is -8.26. The van der Waals surface area contributed by atoms with Crippen LogP contribution in [-0.2, 0) is 82.4 Å². The number of benzene rings is 3. The second-order valence-corrected chi connectivity index (χ2v) is 22.2. The molecule has 3 aromatic carbocycles. The van der Waals surface area contributed by atoms with E-state index in [0.717, 1.165) is 12.1 Å². The van der Waals surface area contributed by atoms with Gasteiger partial charge in [-0.15, -0.1) is 0 Å². The highest BCUT2D eigenvalue weighted by atomic mass is 32.3. The summed E-state index contributed by atoms with van der Waals surface area (Å²) in [6, 6.07) is 7.62. The quantitative estimate of drug-likeness (QED) is 0.0344. The predicted octanol–water partition coefficient (Wildman–Crippen LogP) is -1.81. The van der Waals surface area contributed by atoms with E-state index in [1.54, 1.807) is 73.3 Å². The van der Waals surface area contributed by atoms with Crippen molar-refractivity contribution in [1.82, 2.24) is 52.8 Å². The highest BCUT2D eigenvalue weighted by Gasteiger charge is 2.36. The zero-order valence-corrected chi connectivity index (χ0v) is 48.0. The first-order valence-corrected chi connectivity index (χ1v) is 30.3. The molecule has 1 unspecified atom stereocenters. The molecule has 84 heavy (non-hydrogen) atoms. The van der Waals surface area contributed by atoms with Crippen molar-refractivity contribution in [2.45, 2.75) is 99.7 Å². The summed E-state index contributed by atoms with van der Waals surface area (Å²) in [6.45, 7) is -1.01. The second-order valence-electron chi connectivity index (χ2n) is 19.3. The number of hydrogen-bond acceptors (Lipinski definition) is 17. The van der Waals surface area contributed by atoms with Gasteiger partial charge in [0.2, 0.25) is 53.2 Å². The number of fused-ring (bicyclic) bond motifs is 1. The van der Waals surface area contributed by atoms with Crippen molar-refractivity contribution >= 4 is 110 Å². The molecule has 1 fully saturated rings. The largest absolute Gasteiger partial charge is 0.481 e. The Morgan fingerprint density at radius 3 is 1.95 bits per heavy atom. The highest BCUT2D eigenvalue weighted by Crippen LogP contribution is 2.20. The molecular weight excluding hydrogens is 1160 g/mol. The number of thioether (sulfide) groups is 2. The Morgan fingerprint density at radius 2 is 1.29 bits per heavy atom. The standard InChI is InChI=1S/C53H67N11O17S3/c1-82-20-17-36-48(72)63-41(26-45(68)69)52(76)61-38(22-29-8-4-3-5-9-29)47(71)55-19-16-43(65)57-28-42(53(77)62-40(51(75)59-36)24-31-27-56-35-11-7-6-10-33(31)35)64-49(73)37(18-21-83-2)58-50(74)39(60-46(70)34(54)25-44(66)67)23-30-12-14-32(15-13-30)81-84(78,79)80/h3-15,27,34,36-42,56H,16-26,28,54H2,1-2H3,(H,55,71)(H,57,65)(H,58,74)(H,59,75)(H,60,70)(H,61,76)(H,62,77)(H,63,72)(H,64,73)(H,66,67)(H,68,69)(H,78,79,80)/t34-,36-,37-,38-,39-,40-,41-,42?/m0/s1. The van der Waals surface area contributed by atoms with Gasteiger partial charge in [-0.05, 0) is 71.7 Å². The number of hydrogen-bond donors (Lipinski definition) is 14. The monoisotopic (exact) mass is 1230 g/mol. The summed E-state index contributed by atoms with van der Waals surface area (Å²) in [7, 11) is -4.92. The number of aromatic nitrogens is 1. The topological polar surface area (TPSA) is 442 Å². The molecule has 0 bridgehead atoms. The van der Waals surface area contributed by atoms with Gasteiger partial charge in [-0.2, -0.15) is 31.9 Å². The molecule has 4 aromatic rings. The second kappa shape index (κ2) is 32.5. The van der Waals surface area contributed by atoms with Crippen LogP contribution in [0.1, 0.15) is 48.8 Å². The number of carboxylic acids is 2. The number of aromatic amines is 1. The zero-order valence-electron chi connectivity index (χ0n) is 45.5. The highest BCUT2D eigenvalue weighted by molar-refractivity contribution is 7.98. The molecule has 0 radical (unpaired) electrons. The lowest BCUT2D eigenvalue weighted by molar-refractivity contribution is -0.141. The molecule has 0 aliphatic carbocycles. The van der Waals surface area contributed by atoms with E-state index >= 15 is 0 Å². The molecule has 454 valence electrons. The third-order valence-electron chi connectivity index (χ3n) is 12.9. The fourth-order valence-corrected chi connectivity index (χ4v) is 9.86. The van der Waals surface area contributed by atoms with Crippen LogP contribution in [-0.4, -0.2) is 179 Å². The minimum atomic E-state index is -4.92. The molecule has 9 amide bonds. The van der Waals surface area contributed by atoms with Crippen LogP contribution in [0, 0.1) is 0 Å². The summed E-state index contributed by atoms with van der Waals surface area (Å²) >= 11 is 2.56. The molecule has 1 aliphatic heterocycles. The average Bonchev–Trinajstić information content (AvgIpc) is 4.00. The van der Waals surface area contributed by atoms with E-state index in [-0.39, 0.29) is 61.5 Å². The molecule has 0 saturated carbocycles. The summed E-state index contributed by atoms with van der Waals surface area (Å²) in [6.07, 6.45) is 1.88. The first-order chi connectivity index (χ1) is 39.9.